The highest BCUT2D eigenvalue weighted by Gasteiger charge is 2.36. The molecule has 100 valence electrons. The second-order valence-corrected chi connectivity index (χ2v) is 4.22. The van der Waals surface area contributed by atoms with Gasteiger partial charge >= 0.3 is 5.97 Å². The molecule has 2 unspecified atom stereocenters. The first-order valence-corrected chi connectivity index (χ1v) is 5.44. The van der Waals surface area contributed by atoms with Gasteiger partial charge in [-0.15, -0.1) is 0 Å². The van der Waals surface area contributed by atoms with Gasteiger partial charge in [0.2, 0.25) is 5.91 Å². The van der Waals surface area contributed by atoms with Gasteiger partial charge in [-0.05, 0) is 19.9 Å². The molecule has 0 spiro atoms. The Hall–Kier alpha value is -1.89. The average molecular weight is 255 g/mol. The molecular weight excluding hydrogens is 238 g/mol. The molecule has 2 N–H and O–H groups in total. The highest BCUT2D eigenvalue weighted by molar-refractivity contribution is 5.88. The van der Waals surface area contributed by atoms with Gasteiger partial charge in [0.1, 0.15) is 6.04 Å². The van der Waals surface area contributed by atoms with Crippen LogP contribution in [0.15, 0.2) is 18.5 Å². The number of carbonyl (C=O) groups excluding carboxylic acids is 1. The number of amides is 1. The molecule has 1 rings (SSSR count). The first kappa shape index (κ1) is 14.2. The number of aliphatic carboxylic acids is 1. The fraction of sp³-hybridized carbons (Fsp3) is 0.545. The van der Waals surface area contributed by atoms with Gasteiger partial charge in [0.15, 0.2) is 5.54 Å². The Labute approximate surface area is 105 Å². The maximum absolute atomic E-state index is 11.9. The fourth-order valence-corrected chi connectivity index (χ4v) is 1.45. The van der Waals surface area contributed by atoms with E-state index in [0.717, 1.165) is 0 Å². The van der Waals surface area contributed by atoms with E-state index in [1.165, 1.54) is 18.7 Å². The Kier molecular flexibility index (Phi) is 4.43. The summed E-state index contributed by atoms with van der Waals surface area (Å²) in [5, 5.41) is 15.5. The first-order chi connectivity index (χ1) is 8.40. The monoisotopic (exact) mass is 255 g/mol. The minimum Gasteiger partial charge on any atom is -0.479 e. The second kappa shape index (κ2) is 5.63. The van der Waals surface area contributed by atoms with Gasteiger partial charge in [-0.3, -0.25) is 9.48 Å². The Morgan fingerprint density at radius 1 is 1.61 bits per heavy atom. The van der Waals surface area contributed by atoms with E-state index in [4.69, 9.17) is 9.84 Å². The number of rotatable bonds is 6. The molecule has 0 bridgehead atoms. The van der Waals surface area contributed by atoms with E-state index in [9.17, 15) is 9.59 Å². The molecule has 1 amide bonds. The molecule has 1 aromatic heterocycles. The van der Waals surface area contributed by atoms with Crippen LogP contribution in [-0.2, 0) is 14.3 Å². The normalized spacial score (nSPS) is 15.7. The summed E-state index contributed by atoms with van der Waals surface area (Å²) in [6.07, 6.45) is 3.19. The maximum Gasteiger partial charge on any atom is 0.331 e. The van der Waals surface area contributed by atoms with Crippen LogP contribution in [-0.4, -0.2) is 46.0 Å². The lowest BCUT2D eigenvalue weighted by atomic mass is 10.0. The second-order valence-electron chi connectivity index (χ2n) is 4.22. The van der Waals surface area contributed by atoms with Crippen LogP contribution < -0.4 is 5.32 Å². The predicted molar refractivity (Wildman–Crippen MR) is 63.0 cm³/mol. The zero-order chi connectivity index (χ0) is 13.8. The third-order valence-corrected chi connectivity index (χ3v) is 2.61. The van der Waals surface area contributed by atoms with E-state index in [0.29, 0.717) is 0 Å². The lowest BCUT2D eigenvalue weighted by Gasteiger charge is -2.26. The molecule has 0 aliphatic rings. The Balaban J connectivity index is 2.76. The van der Waals surface area contributed by atoms with Gasteiger partial charge in [0, 0.05) is 19.5 Å². The number of carbonyl (C=O) groups is 2. The van der Waals surface area contributed by atoms with E-state index in [1.807, 2.05) is 0 Å². The molecular formula is C11H17N3O4. The van der Waals surface area contributed by atoms with Gasteiger partial charge < -0.3 is 15.2 Å². The van der Waals surface area contributed by atoms with Crippen molar-refractivity contribution in [2.45, 2.75) is 25.4 Å². The van der Waals surface area contributed by atoms with Crippen molar-refractivity contribution in [1.82, 2.24) is 15.1 Å². The molecule has 0 aliphatic heterocycles. The highest BCUT2D eigenvalue weighted by Crippen LogP contribution is 2.09. The van der Waals surface area contributed by atoms with Gasteiger partial charge in [0.05, 0.1) is 6.61 Å². The molecule has 1 heterocycles. The summed E-state index contributed by atoms with van der Waals surface area (Å²) in [5.41, 5.74) is -1.45. The number of ether oxygens (including phenoxy) is 1. The van der Waals surface area contributed by atoms with Gasteiger partial charge in [-0.25, -0.2) is 4.79 Å². The number of hydrogen-bond acceptors (Lipinski definition) is 4. The van der Waals surface area contributed by atoms with Crippen molar-refractivity contribution in [2.75, 3.05) is 13.7 Å². The van der Waals surface area contributed by atoms with E-state index >= 15 is 0 Å². The van der Waals surface area contributed by atoms with E-state index in [2.05, 4.69) is 10.4 Å². The molecule has 18 heavy (non-hydrogen) atoms. The largest absolute Gasteiger partial charge is 0.479 e. The molecule has 2 atom stereocenters. The summed E-state index contributed by atoms with van der Waals surface area (Å²) in [4.78, 5) is 23.1. The van der Waals surface area contributed by atoms with Crippen molar-refractivity contribution >= 4 is 11.9 Å². The van der Waals surface area contributed by atoms with Crippen LogP contribution in [0.1, 0.15) is 19.9 Å². The third-order valence-electron chi connectivity index (χ3n) is 2.61. The fourth-order valence-electron chi connectivity index (χ4n) is 1.45. The zero-order valence-electron chi connectivity index (χ0n) is 10.6. The van der Waals surface area contributed by atoms with E-state index in [-0.39, 0.29) is 6.61 Å². The Morgan fingerprint density at radius 3 is 2.72 bits per heavy atom. The summed E-state index contributed by atoms with van der Waals surface area (Å²) >= 11 is 0. The molecule has 0 saturated carbocycles. The summed E-state index contributed by atoms with van der Waals surface area (Å²) in [7, 11) is 1.38. The summed E-state index contributed by atoms with van der Waals surface area (Å²) in [6.45, 7) is 2.92. The summed E-state index contributed by atoms with van der Waals surface area (Å²) in [6, 6.07) is 1.10. The van der Waals surface area contributed by atoms with Crippen molar-refractivity contribution in [2.24, 2.45) is 0 Å². The highest BCUT2D eigenvalue weighted by atomic mass is 16.5. The molecule has 0 aromatic carbocycles. The lowest BCUT2D eigenvalue weighted by molar-refractivity contribution is -0.149. The van der Waals surface area contributed by atoms with Crippen LogP contribution in [0.25, 0.3) is 0 Å². The molecule has 0 radical (unpaired) electrons. The Bertz CT molecular complexity index is 418. The lowest BCUT2D eigenvalue weighted by Crippen LogP contribution is -2.56. The molecule has 1 aromatic rings. The topological polar surface area (TPSA) is 93.5 Å². The van der Waals surface area contributed by atoms with Crippen molar-refractivity contribution in [3.05, 3.63) is 18.5 Å². The number of aromatic nitrogens is 2. The average Bonchev–Trinajstić information content (AvgIpc) is 2.81. The van der Waals surface area contributed by atoms with E-state index in [1.54, 1.807) is 25.4 Å². The minimum absolute atomic E-state index is 0.111. The van der Waals surface area contributed by atoms with Gasteiger partial charge in [-0.2, -0.15) is 5.10 Å². The number of methoxy groups -OCH3 is 1. The molecule has 0 saturated heterocycles. The van der Waals surface area contributed by atoms with Gasteiger partial charge in [-0.1, -0.05) is 0 Å². The maximum atomic E-state index is 11.9. The standard InChI is InChI=1S/C11H17N3O4/c1-8(14-6-4-5-12-14)9(15)13-11(2,7-18-3)10(16)17/h4-6,8H,7H2,1-3H3,(H,13,15)(H,16,17). The number of carboxylic acids is 1. The molecule has 7 heteroatoms. The summed E-state index contributed by atoms with van der Waals surface area (Å²) < 4.78 is 6.27. The number of hydrogen-bond donors (Lipinski definition) is 2. The van der Waals surface area contributed by atoms with Crippen LogP contribution in [0.4, 0.5) is 0 Å². The van der Waals surface area contributed by atoms with Crippen LogP contribution in [0.5, 0.6) is 0 Å². The molecule has 0 aliphatic carbocycles. The number of carboxylic acid groups (broad SMARTS) is 1. The molecule has 0 fully saturated rings. The number of nitrogens with zero attached hydrogens (tertiary/aromatic N) is 2. The van der Waals surface area contributed by atoms with Gasteiger partial charge in [0.25, 0.3) is 0 Å². The van der Waals surface area contributed by atoms with Crippen molar-refractivity contribution in [3.8, 4) is 0 Å². The minimum atomic E-state index is -1.45. The zero-order valence-corrected chi connectivity index (χ0v) is 10.6. The van der Waals surface area contributed by atoms with Crippen molar-refractivity contribution < 1.29 is 19.4 Å². The van der Waals surface area contributed by atoms with Crippen LogP contribution in [0.3, 0.4) is 0 Å². The Morgan fingerprint density at radius 2 is 2.28 bits per heavy atom. The van der Waals surface area contributed by atoms with Crippen LogP contribution >= 0.6 is 0 Å². The van der Waals surface area contributed by atoms with Crippen LogP contribution in [0.2, 0.25) is 0 Å². The van der Waals surface area contributed by atoms with E-state index < -0.39 is 23.5 Å². The number of nitrogens with one attached hydrogen (secondary N) is 1. The van der Waals surface area contributed by atoms with Crippen LogP contribution in [0, 0.1) is 0 Å². The van der Waals surface area contributed by atoms with Crippen molar-refractivity contribution in [3.63, 3.8) is 0 Å². The third kappa shape index (κ3) is 3.07. The molecule has 7 nitrogen and oxygen atoms in total. The SMILES string of the molecule is COCC(C)(NC(=O)C(C)n1cccn1)C(=O)O. The summed E-state index contributed by atoms with van der Waals surface area (Å²) in [5.74, 6) is -1.58. The predicted octanol–water partition coefficient (Wildman–Crippen LogP) is 0.0500. The smallest absolute Gasteiger partial charge is 0.331 e. The van der Waals surface area contributed by atoms with Crippen molar-refractivity contribution in [1.29, 1.82) is 0 Å². The first-order valence-electron chi connectivity index (χ1n) is 5.44. The quantitative estimate of drug-likeness (QED) is 0.749.